The van der Waals surface area contributed by atoms with Crippen molar-refractivity contribution in [3.63, 3.8) is 0 Å². The largest absolute Gasteiger partial charge is 0.310 e. The summed E-state index contributed by atoms with van der Waals surface area (Å²) in [7, 11) is 1.25. The molecule has 0 fully saturated rings. The predicted molar refractivity (Wildman–Crippen MR) is 511 cm³/mol. The maximum Gasteiger partial charge on any atom is 0.0541 e. The van der Waals surface area contributed by atoms with E-state index in [1.165, 1.54) is 151 Å². The van der Waals surface area contributed by atoms with E-state index in [0.717, 1.165) is 50.8 Å². The van der Waals surface area contributed by atoms with Crippen LogP contribution in [0.3, 0.4) is 0 Å². The van der Waals surface area contributed by atoms with E-state index < -0.39 is 0 Å². The van der Waals surface area contributed by atoms with Crippen molar-refractivity contribution in [1.29, 1.82) is 0 Å². The summed E-state index contributed by atoms with van der Waals surface area (Å²) in [5.41, 5.74) is 35.0. The maximum atomic E-state index is 5.75. The summed E-state index contributed by atoms with van der Waals surface area (Å²) in [6, 6.07) is 99.5. The molecule has 6 heterocycles. The van der Waals surface area contributed by atoms with Gasteiger partial charge in [-0.2, -0.15) is 0 Å². The molecule has 3 radical (unpaired) electrons. The normalized spacial score (nSPS) is 12.2. The van der Waals surface area contributed by atoms with Gasteiger partial charge in [0.25, 0.3) is 0 Å². The van der Waals surface area contributed by atoms with Gasteiger partial charge in [-0.1, -0.05) is 259 Å². The molecule has 17 rings (SSSR count). The van der Waals surface area contributed by atoms with Crippen molar-refractivity contribution in [3.05, 3.63) is 335 Å². The average molecular weight is 2140 g/mol. The Labute approximate surface area is 769 Å². The smallest absolute Gasteiger partial charge is 0.0541 e. The molecule has 0 amide bonds. The first kappa shape index (κ1) is 91.4. The van der Waals surface area contributed by atoms with Gasteiger partial charge in [0.1, 0.15) is 0 Å². The number of nitrogens with zero attached hydrogens (tertiary/aromatic N) is 6. The van der Waals surface area contributed by atoms with Crippen LogP contribution < -0.4 is 0 Å². The topological polar surface area (TPSA) is 53.5 Å². The third kappa shape index (κ3) is 19.0. The van der Waals surface area contributed by atoms with E-state index in [2.05, 4.69) is 428 Å². The van der Waals surface area contributed by atoms with E-state index in [-0.39, 0.29) is 98.2 Å². The fraction of sp³-hybridized carbons (Fsp3) is 0.283. The van der Waals surface area contributed by atoms with Gasteiger partial charge >= 0.3 is 0 Å². The number of fused-ring (bicyclic) bond motifs is 9. The van der Waals surface area contributed by atoms with Gasteiger partial charge in [-0.25, -0.2) is 0 Å². The second-order valence-corrected chi connectivity index (χ2v) is 39.7. The SMILES string of the molecule is CC(C)(C)c1c[c-]c(-c2cc(-n3c4ccc(C(C)(C)C)cc4c4cc(C(C)(C)C)ccc43)ccn2)cc1.CC(C)(C)c1ccc2c(c1)c1cc(C(C)(C)C)ccc1n2-c1ccnc(-c2[c-]cccc2)c1.Cc1cc(C)cc(-c2ccc3c(c2)c2cc(-c4cc(C)cc(C)c4)ccc2n3-c2ccnc(-c3[c-]cc(C(C)(C)C(C)(C)C)cc3)c2)c1.[2H]C.[Ir].[Ir].[Ir]. The molecule has 0 unspecified atom stereocenters. The molecule has 6 aromatic heterocycles. The summed E-state index contributed by atoms with van der Waals surface area (Å²) in [6.07, 6.45) is 5.74. The molecule has 17 aromatic rings. The Morgan fingerprint density at radius 1 is 0.270 bits per heavy atom. The van der Waals surface area contributed by atoms with E-state index in [1.807, 2.05) is 36.8 Å². The maximum absolute atomic E-state index is 5.75. The molecule has 11 aromatic carbocycles. The van der Waals surface area contributed by atoms with Crippen molar-refractivity contribution < 1.29 is 61.7 Å². The van der Waals surface area contributed by atoms with E-state index in [0.29, 0.717) is 0 Å². The van der Waals surface area contributed by atoms with Crippen LogP contribution in [-0.2, 0) is 92.8 Å². The number of rotatable bonds is 9. The molecular weight excluding hydrogens is 2020 g/mol. The zero-order valence-electron chi connectivity index (χ0n) is 77.0. The van der Waals surface area contributed by atoms with Crippen molar-refractivity contribution >= 4 is 65.4 Å². The van der Waals surface area contributed by atoms with Crippen LogP contribution in [0.25, 0.3) is 139 Å². The number of hydrogen-bond donors (Lipinski definition) is 0. The first-order chi connectivity index (χ1) is 56.6. The second-order valence-electron chi connectivity index (χ2n) is 39.7. The van der Waals surface area contributed by atoms with Gasteiger partial charge in [-0.15, -0.1) is 107 Å². The van der Waals surface area contributed by atoms with Crippen LogP contribution in [0.4, 0.5) is 0 Å². The molecule has 0 atom stereocenters. The molecule has 6 nitrogen and oxygen atoms in total. The van der Waals surface area contributed by atoms with Crippen LogP contribution in [0.1, 0.15) is 203 Å². The summed E-state index contributed by atoms with van der Waals surface area (Å²) in [4.78, 5) is 14.2. The third-order valence-corrected chi connectivity index (χ3v) is 24.5. The third-order valence-electron chi connectivity index (χ3n) is 24.5. The van der Waals surface area contributed by atoms with Crippen molar-refractivity contribution in [2.24, 2.45) is 5.41 Å². The Morgan fingerprint density at radius 2 is 0.549 bits per heavy atom. The molecule has 0 spiro atoms. The Morgan fingerprint density at radius 3 is 0.820 bits per heavy atom. The quantitative estimate of drug-likeness (QED) is 0.135. The molecule has 0 aliphatic rings. The minimum absolute atomic E-state index is 0. The van der Waals surface area contributed by atoms with Gasteiger partial charge in [0.05, 0.1) is 33.1 Å². The van der Waals surface area contributed by atoms with Gasteiger partial charge in [-0.3, -0.25) is 0 Å². The monoisotopic (exact) mass is 2140 g/mol. The summed E-state index contributed by atoms with van der Waals surface area (Å²) < 4.78 is 12.9. The fourth-order valence-electron chi connectivity index (χ4n) is 16.5. The Hall–Kier alpha value is -9.78. The molecule has 0 aliphatic carbocycles. The summed E-state index contributed by atoms with van der Waals surface area (Å²) in [5, 5.41) is 7.68. The van der Waals surface area contributed by atoms with Gasteiger partial charge in [-0.05, 0) is 218 Å². The van der Waals surface area contributed by atoms with E-state index in [1.54, 1.807) is 0 Å². The van der Waals surface area contributed by atoms with E-state index in [4.69, 9.17) is 11.3 Å². The van der Waals surface area contributed by atoms with E-state index in [9.17, 15) is 0 Å². The molecule has 0 N–H and O–H groups in total. The second kappa shape index (κ2) is 35.5. The van der Waals surface area contributed by atoms with Crippen LogP contribution in [0, 0.1) is 51.3 Å². The summed E-state index contributed by atoms with van der Waals surface area (Å²) in [6.45, 7) is 54.3. The molecule has 0 saturated carbocycles. The van der Waals surface area contributed by atoms with Crippen LogP contribution in [0.2, 0.25) is 0 Å². The van der Waals surface area contributed by atoms with E-state index >= 15 is 0 Å². The zero-order valence-corrected chi connectivity index (χ0v) is 83.2. The average Bonchev–Trinajstić information content (AvgIpc) is 1.59. The predicted octanol–water partition coefficient (Wildman–Crippen LogP) is 30.9. The van der Waals surface area contributed by atoms with Crippen LogP contribution in [0.15, 0.2) is 261 Å². The Kier molecular flexibility index (Phi) is 26.6. The number of pyridine rings is 3. The molecule has 0 aliphatic heterocycles. The first-order valence-corrected chi connectivity index (χ1v) is 42.0. The molecular formula is C113H119Ir3N6-3. The van der Waals surface area contributed by atoms with Crippen LogP contribution >= 0.6 is 0 Å². The van der Waals surface area contributed by atoms with Crippen molar-refractivity contribution in [2.75, 3.05) is 0 Å². The molecule has 9 heteroatoms. The van der Waals surface area contributed by atoms with Gasteiger partial charge in [0.2, 0.25) is 0 Å². The van der Waals surface area contributed by atoms with Gasteiger partial charge in [0.15, 0.2) is 0 Å². The summed E-state index contributed by atoms with van der Waals surface area (Å²) >= 11 is 0. The van der Waals surface area contributed by atoms with Crippen molar-refractivity contribution in [1.82, 2.24) is 28.7 Å². The number of benzene rings is 11. The standard InChI is InChI=1S/C46H45N2.C35H39N2.C31H31N2.CH4.3Ir/c1-29-20-30(2)23-36(22-29)34-12-16-43-40(26-34)41-27-35(37-24-31(3)21-32(4)25-37)13-17-44(41)48(43)39-18-19-47-42(28-39)33-10-14-38(15-11-33)46(8,9)45(5,6)7;1-33(2,3)24-12-10-23(11-13-24)30-22-27(18-19-36-30)37-31-16-14-25(34(4,5)6)20-28(31)29-21-26(35(7,8)9)15-17-32(29)37;1-30(2,3)22-12-14-28-25(18-22)26-19-23(31(4,5)6)13-15-29(26)33(28)24-16-17-32-27(20-24)21-10-8-7-9-11-21;;;;/h10,12-28H,1-9H3;10,12-22H,1-9H3;7-10,12-20H,1-6H3;1H4;;;/q3*-1;;;;/i;;;1D;;;. The Balaban J connectivity index is 0.000000179. The molecule has 0 saturated heterocycles. The fourth-order valence-corrected chi connectivity index (χ4v) is 16.5. The number of aryl methyl sites for hydroxylation is 4. The summed E-state index contributed by atoms with van der Waals surface area (Å²) in [5.74, 6) is 0. The zero-order chi connectivity index (χ0) is 86.1. The Bertz CT molecular complexity index is 6380. The number of aromatic nitrogens is 6. The van der Waals surface area contributed by atoms with Gasteiger partial charge < -0.3 is 28.7 Å². The number of hydrogen-bond acceptors (Lipinski definition) is 3. The minimum Gasteiger partial charge on any atom is -0.310 e. The van der Waals surface area contributed by atoms with Crippen LogP contribution in [-0.4, -0.2) is 28.7 Å². The molecule has 631 valence electrons. The van der Waals surface area contributed by atoms with Gasteiger partial charge in [0, 0.05) is 130 Å². The molecule has 0 bridgehead atoms. The van der Waals surface area contributed by atoms with Crippen molar-refractivity contribution in [2.45, 2.75) is 206 Å². The van der Waals surface area contributed by atoms with Crippen LogP contribution in [0.5, 0.6) is 0 Å². The first-order valence-electron chi connectivity index (χ1n) is 43.0. The minimum atomic E-state index is 0. The molecule has 122 heavy (non-hydrogen) atoms. The van der Waals surface area contributed by atoms with Crippen molar-refractivity contribution in [3.8, 4) is 73.1 Å².